The van der Waals surface area contributed by atoms with Gasteiger partial charge in [0.25, 0.3) is 0 Å². The first-order valence-electron chi connectivity index (χ1n) is 3.29. The molecule has 1 unspecified atom stereocenters. The monoisotopic (exact) mass is 288 g/mol. The summed E-state index contributed by atoms with van der Waals surface area (Å²) in [6, 6.07) is 2.64. The molecular formula is C7H4BrF3O2S. The lowest BCUT2D eigenvalue weighted by Crippen LogP contribution is -2.06. The van der Waals surface area contributed by atoms with Crippen molar-refractivity contribution in [2.45, 2.75) is 11.1 Å². The highest BCUT2D eigenvalue weighted by Crippen LogP contribution is 2.32. The van der Waals surface area contributed by atoms with Crippen LogP contribution in [0, 0.1) is 0 Å². The Labute approximate surface area is 88.5 Å². The lowest BCUT2D eigenvalue weighted by Gasteiger charge is -2.07. The van der Waals surface area contributed by atoms with Gasteiger partial charge in [-0.05, 0) is 18.2 Å². The molecule has 1 aromatic carbocycles. The predicted molar refractivity (Wildman–Crippen MR) is 48.2 cm³/mol. The third-order valence-corrected chi connectivity index (χ3v) is 2.50. The van der Waals surface area contributed by atoms with E-state index in [-0.39, 0.29) is 9.37 Å². The number of benzene rings is 1. The molecule has 78 valence electrons. The Morgan fingerprint density at radius 2 is 1.86 bits per heavy atom. The molecular weight excluding hydrogens is 285 g/mol. The highest BCUT2D eigenvalue weighted by molar-refractivity contribution is 9.10. The van der Waals surface area contributed by atoms with E-state index in [4.69, 9.17) is 4.55 Å². The van der Waals surface area contributed by atoms with E-state index >= 15 is 0 Å². The van der Waals surface area contributed by atoms with Gasteiger partial charge in [0.2, 0.25) is 0 Å². The van der Waals surface area contributed by atoms with Crippen LogP contribution in [0.4, 0.5) is 13.2 Å². The SMILES string of the molecule is O=S(O)c1cc(Br)cc(C(F)(F)F)c1. The molecule has 0 saturated heterocycles. The first kappa shape index (κ1) is 11.7. The van der Waals surface area contributed by atoms with Gasteiger partial charge >= 0.3 is 6.18 Å². The minimum Gasteiger partial charge on any atom is -0.302 e. The standard InChI is InChI=1S/C7H4BrF3O2S/c8-5-1-4(7(9,10)11)2-6(3-5)14(12)13/h1-3H,(H,12,13). The van der Waals surface area contributed by atoms with Gasteiger partial charge in [0.1, 0.15) is 0 Å². The smallest absolute Gasteiger partial charge is 0.302 e. The number of rotatable bonds is 1. The second-order valence-corrected chi connectivity index (χ2v) is 4.31. The van der Waals surface area contributed by atoms with Gasteiger partial charge in [-0.15, -0.1) is 0 Å². The molecule has 0 bridgehead atoms. The summed E-state index contributed by atoms with van der Waals surface area (Å²) >= 11 is 0.414. The van der Waals surface area contributed by atoms with E-state index in [1.807, 2.05) is 0 Å². The van der Waals surface area contributed by atoms with Gasteiger partial charge in [-0.2, -0.15) is 13.2 Å². The molecule has 0 spiro atoms. The van der Waals surface area contributed by atoms with Crippen molar-refractivity contribution in [1.29, 1.82) is 0 Å². The zero-order valence-corrected chi connectivity index (χ0v) is 8.91. The first-order chi connectivity index (χ1) is 6.30. The Kier molecular flexibility index (Phi) is 3.33. The van der Waals surface area contributed by atoms with Crippen LogP contribution in [0.3, 0.4) is 0 Å². The molecule has 14 heavy (non-hydrogen) atoms. The summed E-state index contributed by atoms with van der Waals surface area (Å²) in [7, 11) is 0. The van der Waals surface area contributed by atoms with Crippen molar-refractivity contribution in [1.82, 2.24) is 0 Å². The average Bonchev–Trinajstić information content (AvgIpc) is 2.01. The predicted octanol–water partition coefficient (Wildman–Crippen LogP) is 3.05. The third-order valence-electron chi connectivity index (χ3n) is 1.40. The molecule has 2 nitrogen and oxygen atoms in total. The van der Waals surface area contributed by atoms with Gasteiger partial charge in [0, 0.05) is 4.47 Å². The van der Waals surface area contributed by atoms with Crippen LogP contribution in [0.25, 0.3) is 0 Å². The highest BCUT2D eigenvalue weighted by Gasteiger charge is 2.31. The van der Waals surface area contributed by atoms with Crippen molar-refractivity contribution in [2.24, 2.45) is 0 Å². The minimum absolute atomic E-state index is 0.115. The number of halogens is 4. The summed E-state index contributed by atoms with van der Waals surface area (Å²) in [5.74, 6) is 0. The molecule has 0 radical (unpaired) electrons. The summed E-state index contributed by atoms with van der Waals surface area (Å²) in [6.07, 6.45) is -4.52. The van der Waals surface area contributed by atoms with Crippen molar-refractivity contribution in [3.63, 3.8) is 0 Å². The fourth-order valence-corrected chi connectivity index (χ4v) is 1.93. The zero-order chi connectivity index (χ0) is 10.9. The Bertz CT molecular complexity index is 378. The molecule has 1 N–H and O–H groups in total. The van der Waals surface area contributed by atoms with Gasteiger partial charge < -0.3 is 4.55 Å². The van der Waals surface area contributed by atoms with E-state index in [0.717, 1.165) is 12.1 Å². The van der Waals surface area contributed by atoms with Crippen LogP contribution in [0.5, 0.6) is 0 Å². The van der Waals surface area contributed by atoms with Crippen molar-refractivity contribution in [3.05, 3.63) is 28.2 Å². The topological polar surface area (TPSA) is 37.3 Å². The molecule has 0 aromatic heterocycles. The molecule has 0 fully saturated rings. The summed E-state index contributed by atoms with van der Waals surface area (Å²) in [6.45, 7) is 0. The van der Waals surface area contributed by atoms with Gasteiger partial charge in [-0.25, -0.2) is 4.21 Å². The van der Waals surface area contributed by atoms with E-state index in [1.165, 1.54) is 0 Å². The van der Waals surface area contributed by atoms with Crippen LogP contribution in [-0.2, 0) is 17.3 Å². The quantitative estimate of drug-likeness (QED) is 0.807. The first-order valence-corrected chi connectivity index (χ1v) is 5.19. The summed E-state index contributed by atoms with van der Waals surface area (Å²) < 4.78 is 55.9. The van der Waals surface area contributed by atoms with Crippen LogP contribution < -0.4 is 0 Å². The Hall–Kier alpha value is -0.400. The highest BCUT2D eigenvalue weighted by atomic mass is 79.9. The Morgan fingerprint density at radius 3 is 2.29 bits per heavy atom. The summed E-state index contributed by atoms with van der Waals surface area (Å²) in [5.41, 5.74) is -0.954. The van der Waals surface area contributed by atoms with E-state index in [9.17, 15) is 17.4 Å². The van der Waals surface area contributed by atoms with E-state index in [1.54, 1.807) is 0 Å². The maximum atomic E-state index is 12.2. The Balaban J connectivity index is 3.28. The number of hydrogen-bond acceptors (Lipinski definition) is 1. The van der Waals surface area contributed by atoms with Crippen LogP contribution >= 0.6 is 15.9 Å². The molecule has 7 heteroatoms. The lowest BCUT2D eigenvalue weighted by molar-refractivity contribution is -0.137. The molecule has 1 atom stereocenters. The average molecular weight is 289 g/mol. The molecule has 0 aliphatic heterocycles. The fraction of sp³-hybridized carbons (Fsp3) is 0.143. The molecule has 1 aromatic rings. The summed E-state index contributed by atoms with van der Waals surface area (Å²) in [5, 5.41) is 0. The van der Waals surface area contributed by atoms with Crippen LogP contribution in [0.15, 0.2) is 27.6 Å². The van der Waals surface area contributed by atoms with Gasteiger partial charge in [0.15, 0.2) is 11.1 Å². The largest absolute Gasteiger partial charge is 0.416 e. The van der Waals surface area contributed by atoms with Crippen LogP contribution in [0.2, 0.25) is 0 Å². The normalized spacial score (nSPS) is 14.1. The van der Waals surface area contributed by atoms with Crippen molar-refractivity contribution in [3.8, 4) is 0 Å². The number of hydrogen-bond donors (Lipinski definition) is 1. The maximum absolute atomic E-state index is 12.2. The number of alkyl halides is 3. The maximum Gasteiger partial charge on any atom is 0.416 e. The van der Waals surface area contributed by atoms with E-state index in [2.05, 4.69) is 15.9 Å². The van der Waals surface area contributed by atoms with Gasteiger partial charge in [-0.1, -0.05) is 15.9 Å². The molecule has 0 saturated carbocycles. The molecule has 0 amide bonds. The van der Waals surface area contributed by atoms with Gasteiger partial charge in [-0.3, -0.25) is 0 Å². The second kappa shape index (κ2) is 4.00. The van der Waals surface area contributed by atoms with Crippen LogP contribution in [-0.4, -0.2) is 8.76 Å². The Morgan fingerprint density at radius 1 is 1.29 bits per heavy atom. The lowest BCUT2D eigenvalue weighted by atomic mass is 10.2. The fourth-order valence-electron chi connectivity index (χ4n) is 0.827. The molecule has 0 aliphatic rings. The molecule has 1 rings (SSSR count). The molecule has 0 heterocycles. The van der Waals surface area contributed by atoms with Crippen molar-refractivity contribution in [2.75, 3.05) is 0 Å². The second-order valence-electron chi connectivity index (χ2n) is 2.42. The molecule has 0 aliphatic carbocycles. The van der Waals surface area contributed by atoms with E-state index < -0.39 is 22.8 Å². The summed E-state index contributed by atoms with van der Waals surface area (Å²) in [4.78, 5) is -0.285. The van der Waals surface area contributed by atoms with Crippen LogP contribution in [0.1, 0.15) is 5.56 Å². The zero-order valence-electron chi connectivity index (χ0n) is 6.51. The van der Waals surface area contributed by atoms with Gasteiger partial charge in [0.05, 0.1) is 10.5 Å². The van der Waals surface area contributed by atoms with E-state index in [0.29, 0.717) is 6.07 Å². The van der Waals surface area contributed by atoms with Crippen molar-refractivity contribution < 1.29 is 21.9 Å². The minimum atomic E-state index is -4.52. The third kappa shape index (κ3) is 2.79. The van der Waals surface area contributed by atoms with Crippen molar-refractivity contribution >= 4 is 27.0 Å².